The van der Waals surface area contributed by atoms with E-state index in [0.717, 1.165) is 4.47 Å². The monoisotopic (exact) mass is 390 g/mol. The van der Waals surface area contributed by atoms with Crippen LogP contribution in [0.15, 0.2) is 40.9 Å². The highest BCUT2D eigenvalue weighted by Gasteiger charge is 2.18. The maximum absolute atomic E-state index is 12.7. The van der Waals surface area contributed by atoms with E-state index in [1.165, 1.54) is 0 Å². The van der Waals surface area contributed by atoms with Gasteiger partial charge in [-0.25, -0.2) is 0 Å². The molecule has 126 valence electrons. The Balaban J connectivity index is 2.38. The van der Waals surface area contributed by atoms with E-state index in [2.05, 4.69) is 21.2 Å². The lowest BCUT2D eigenvalue weighted by Crippen LogP contribution is -2.20. The number of halogens is 1. The molecule has 2 amide bonds. The van der Waals surface area contributed by atoms with E-state index in [9.17, 15) is 9.59 Å². The lowest BCUT2D eigenvalue weighted by atomic mass is 10.1. The van der Waals surface area contributed by atoms with Gasteiger partial charge in [-0.2, -0.15) is 0 Å². The van der Waals surface area contributed by atoms with E-state index in [0.29, 0.717) is 28.1 Å². The summed E-state index contributed by atoms with van der Waals surface area (Å²) in [6.07, 6.45) is -0.0778. The van der Waals surface area contributed by atoms with Gasteiger partial charge in [-0.3, -0.25) is 9.59 Å². The van der Waals surface area contributed by atoms with Crippen molar-refractivity contribution < 1.29 is 14.3 Å². The van der Waals surface area contributed by atoms with Crippen LogP contribution in [0.5, 0.6) is 5.75 Å². The number of ether oxygens (including phenoxy) is 1. The third-order valence-electron chi connectivity index (χ3n) is 3.32. The number of aryl methyl sites for hydroxylation is 1. The first-order chi connectivity index (χ1) is 11.3. The van der Waals surface area contributed by atoms with Crippen LogP contribution in [0.4, 0.5) is 5.69 Å². The second-order valence-corrected chi connectivity index (χ2v) is 6.54. The van der Waals surface area contributed by atoms with Gasteiger partial charge in [-0.15, -0.1) is 0 Å². The van der Waals surface area contributed by atoms with Crippen LogP contribution in [-0.4, -0.2) is 17.9 Å². The first kappa shape index (κ1) is 18.0. The number of amides is 2. The molecule has 0 aromatic heterocycles. The van der Waals surface area contributed by atoms with E-state index >= 15 is 0 Å². The fraction of sp³-hybridized carbons (Fsp3) is 0.222. The number of nitrogens with two attached hydrogens (primary N) is 1. The fourth-order valence-electron chi connectivity index (χ4n) is 2.32. The molecule has 24 heavy (non-hydrogen) atoms. The van der Waals surface area contributed by atoms with Gasteiger partial charge in [-0.05, 0) is 50.6 Å². The Kier molecular flexibility index (Phi) is 5.62. The van der Waals surface area contributed by atoms with Crippen LogP contribution in [0, 0.1) is 6.92 Å². The van der Waals surface area contributed by atoms with Gasteiger partial charge in [0.1, 0.15) is 5.75 Å². The first-order valence-electron chi connectivity index (χ1n) is 7.46. The first-order valence-corrected chi connectivity index (χ1v) is 8.26. The number of nitrogens with one attached hydrogen (secondary N) is 1. The van der Waals surface area contributed by atoms with E-state index in [4.69, 9.17) is 10.5 Å². The molecule has 0 saturated heterocycles. The van der Waals surface area contributed by atoms with Gasteiger partial charge in [0.05, 0.1) is 22.9 Å². The quantitative estimate of drug-likeness (QED) is 0.811. The smallest absolute Gasteiger partial charge is 0.259 e. The number of carbonyl (C=O) groups excluding carboxylic acids is 2. The summed E-state index contributed by atoms with van der Waals surface area (Å²) in [5.74, 6) is -0.491. The Bertz CT molecular complexity index is 788. The maximum Gasteiger partial charge on any atom is 0.259 e. The third-order valence-corrected chi connectivity index (χ3v) is 3.81. The standard InChI is InChI=1S/C18H19BrN2O3/c1-10(2)24-15-9-12(19)7-8-13(15)18(23)21-14-6-4-5-11(3)16(14)17(20)22/h4-10H,1-3H3,(H2,20,22)(H,21,23). The van der Waals surface area contributed by atoms with Crippen molar-refractivity contribution >= 4 is 33.4 Å². The Morgan fingerprint density at radius 1 is 1.21 bits per heavy atom. The summed E-state index contributed by atoms with van der Waals surface area (Å²) in [6.45, 7) is 5.53. The van der Waals surface area contributed by atoms with Crippen molar-refractivity contribution in [1.82, 2.24) is 0 Å². The van der Waals surface area contributed by atoms with Crippen LogP contribution in [-0.2, 0) is 0 Å². The zero-order valence-electron chi connectivity index (χ0n) is 13.7. The van der Waals surface area contributed by atoms with Crippen molar-refractivity contribution in [1.29, 1.82) is 0 Å². The molecule has 0 unspecified atom stereocenters. The van der Waals surface area contributed by atoms with E-state index in [1.807, 2.05) is 13.8 Å². The molecule has 5 nitrogen and oxygen atoms in total. The van der Waals surface area contributed by atoms with Crippen LogP contribution >= 0.6 is 15.9 Å². The summed E-state index contributed by atoms with van der Waals surface area (Å²) in [4.78, 5) is 24.3. The van der Waals surface area contributed by atoms with Crippen LogP contribution in [0.25, 0.3) is 0 Å². The normalized spacial score (nSPS) is 10.5. The van der Waals surface area contributed by atoms with Gasteiger partial charge in [0.2, 0.25) is 0 Å². The third kappa shape index (κ3) is 4.14. The molecule has 0 saturated carbocycles. The molecule has 0 aliphatic carbocycles. The molecule has 0 heterocycles. The van der Waals surface area contributed by atoms with Crippen molar-refractivity contribution in [2.45, 2.75) is 26.9 Å². The van der Waals surface area contributed by atoms with E-state index < -0.39 is 5.91 Å². The molecule has 0 bridgehead atoms. The lowest BCUT2D eigenvalue weighted by molar-refractivity contribution is 0.100. The van der Waals surface area contributed by atoms with Crippen molar-refractivity contribution in [3.05, 3.63) is 57.6 Å². The summed E-state index contributed by atoms with van der Waals surface area (Å²) in [5.41, 5.74) is 7.19. The molecular weight excluding hydrogens is 372 g/mol. The fourth-order valence-corrected chi connectivity index (χ4v) is 2.66. The Hall–Kier alpha value is -2.34. The van der Waals surface area contributed by atoms with Gasteiger partial charge in [-0.1, -0.05) is 28.1 Å². The molecular formula is C18H19BrN2O3. The highest BCUT2D eigenvalue weighted by atomic mass is 79.9. The van der Waals surface area contributed by atoms with Crippen molar-refractivity contribution in [3.63, 3.8) is 0 Å². The molecule has 0 radical (unpaired) electrons. The highest BCUT2D eigenvalue weighted by Crippen LogP contribution is 2.27. The minimum absolute atomic E-state index is 0.0778. The molecule has 2 aromatic carbocycles. The number of benzene rings is 2. The zero-order valence-corrected chi connectivity index (χ0v) is 15.3. The molecule has 2 rings (SSSR count). The highest BCUT2D eigenvalue weighted by molar-refractivity contribution is 9.10. The number of hydrogen-bond donors (Lipinski definition) is 2. The number of rotatable bonds is 5. The summed E-state index contributed by atoms with van der Waals surface area (Å²) in [6, 6.07) is 10.3. The van der Waals surface area contributed by atoms with E-state index in [-0.39, 0.29) is 12.0 Å². The average molecular weight is 391 g/mol. The Morgan fingerprint density at radius 3 is 2.54 bits per heavy atom. The molecule has 2 aromatic rings. The SMILES string of the molecule is Cc1cccc(NC(=O)c2ccc(Br)cc2OC(C)C)c1C(N)=O. The minimum atomic E-state index is -0.585. The van der Waals surface area contributed by atoms with E-state index in [1.54, 1.807) is 43.3 Å². The molecule has 6 heteroatoms. The summed E-state index contributed by atoms with van der Waals surface area (Å²) in [5, 5.41) is 2.75. The maximum atomic E-state index is 12.7. The molecule has 0 spiro atoms. The summed E-state index contributed by atoms with van der Waals surface area (Å²) < 4.78 is 6.51. The van der Waals surface area contributed by atoms with Crippen LogP contribution in [0.1, 0.15) is 40.1 Å². The number of primary amides is 1. The van der Waals surface area contributed by atoms with Gasteiger partial charge in [0.25, 0.3) is 11.8 Å². The lowest BCUT2D eigenvalue weighted by Gasteiger charge is -2.16. The van der Waals surface area contributed by atoms with Crippen LogP contribution < -0.4 is 15.8 Å². The summed E-state index contributed by atoms with van der Waals surface area (Å²) >= 11 is 3.37. The summed E-state index contributed by atoms with van der Waals surface area (Å²) in [7, 11) is 0. The second-order valence-electron chi connectivity index (χ2n) is 5.62. The van der Waals surface area contributed by atoms with Gasteiger partial charge in [0.15, 0.2) is 0 Å². The van der Waals surface area contributed by atoms with Crippen molar-refractivity contribution in [2.75, 3.05) is 5.32 Å². The predicted octanol–water partition coefficient (Wildman–Crippen LogP) is 3.90. The average Bonchev–Trinajstić information content (AvgIpc) is 2.46. The second kappa shape index (κ2) is 7.49. The van der Waals surface area contributed by atoms with Crippen molar-refractivity contribution in [2.24, 2.45) is 5.73 Å². The van der Waals surface area contributed by atoms with Crippen LogP contribution in [0.3, 0.4) is 0 Å². The molecule has 0 fully saturated rings. The number of anilines is 1. The Labute approximate surface area is 149 Å². The van der Waals surface area contributed by atoms with Crippen LogP contribution in [0.2, 0.25) is 0 Å². The van der Waals surface area contributed by atoms with Crippen molar-refractivity contribution in [3.8, 4) is 5.75 Å². The molecule has 3 N–H and O–H groups in total. The van der Waals surface area contributed by atoms with Gasteiger partial charge in [0, 0.05) is 4.47 Å². The predicted molar refractivity (Wildman–Crippen MR) is 97.6 cm³/mol. The topological polar surface area (TPSA) is 81.4 Å². The Morgan fingerprint density at radius 2 is 1.92 bits per heavy atom. The van der Waals surface area contributed by atoms with Gasteiger partial charge >= 0.3 is 0 Å². The molecule has 0 atom stereocenters. The zero-order chi connectivity index (χ0) is 17.9. The number of hydrogen-bond acceptors (Lipinski definition) is 3. The molecule has 0 aliphatic rings. The largest absolute Gasteiger partial charge is 0.490 e. The minimum Gasteiger partial charge on any atom is -0.490 e. The number of carbonyl (C=O) groups is 2. The molecule has 0 aliphatic heterocycles. The van der Waals surface area contributed by atoms with Gasteiger partial charge < -0.3 is 15.8 Å².